The van der Waals surface area contributed by atoms with E-state index in [4.69, 9.17) is 0 Å². The highest BCUT2D eigenvalue weighted by Gasteiger charge is 2.35. The summed E-state index contributed by atoms with van der Waals surface area (Å²) in [5.41, 5.74) is 1.30. The molecule has 1 heterocycles. The van der Waals surface area contributed by atoms with Crippen LogP contribution in [-0.2, 0) is 41.6 Å². The van der Waals surface area contributed by atoms with Gasteiger partial charge in [-0.05, 0) is 48.4 Å². The molecule has 6 amide bonds. The molecule has 0 spiro atoms. The van der Waals surface area contributed by atoms with Gasteiger partial charge in [0.2, 0.25) is 35.4 Å². The molecule has 14 heteroatoms. The minimum atomic E-state index is -1.48. The van der Waals surface area contributed by atoms with Gasteiger partial charge in [0.15, 0.2) is 0 Å². The van der Waals surface area contributed by atoms with E-state index in [1.54, 1.807) is 56.3 Å². The second-order valence-corrected chi connectivity index (χ2v) is 13.1. The first-order chi connectivity index (χ1) is 23.1. The molecule has 0 bridgehead atoms. The predicted octanol–water partition coefficient (Wildman–Crippen LogP) is -0.186. The zero-order valence-electron chi connectivity index (χ0n) is 28.5. The van der Waals surface area contributed by atoms with Crippen molar-refractivity contribution in [2.45, 2.75) is 90.2 Å². The molecule has 14 nitrogen and oxygen atoms in total. The molecule has 8 N–H and O–H groups in total. The Kier molecular flexibility index (Phi) is 14.1. The average molecular weight is 681 g/mol. The Hall–Kier alpha value is -4.98. The van der Waals surface area contributed by atoms with Crippen molar-refractivity contribution in [3.05, 3.63) is 65.7 Å². The lowest BCUT2D eigenvalue weighted by atomic mass is 9.98. The summed E-state index contributed by atoms with van der Waals surface area (Å²) in [5, 5.41) is 35.8. The number of hydrogen-bond donors (Lipinski definition) is 8. The number of aliphatic hydroxyl groups is 1. The number of hydrogen-bond acceptors (Lipinski definition) is 8. The molecule has 2 aromatic rings. The third-order valence-electron chi connectivity index (χ3n) is 8.02. The summed E-state index contributed by atoms with van der Waals surface area (Å²) in [7, 11) is 0. The molecule has 1 saturated heterocycles. The number of benzene rings is 2. The number of nitrogens with one attached hydrogen (secondary N) is 6. The normalized spacial score (nSPS) is 24.0. The second kappa shape index (κ2) is 18.0. The summed E-state index contributed by atoms with van der Waals surface area (Å²) in [5.74, 6) is -4.86. The average Bonchev–Trinajstić information content (AvgIpc) is 3.04. The van der Waals surface area contributed by atoms with Crippen molar-refractivity contribution in [1.82, 2.24) is 31.9 Å². The Labute approximate surface area is 286 Å². The molecule has 266 valence electrons. The Morgan fingerprint density at radius 2 is 1.12 bits per heavy atom. The molecule has 0 saturated carbocycles. The summed E-state index contributed by atoms with van der Waals surface area (Å²) in [6, 6.07) is 8.76. The highest BCUT2D eigenvalue weighted by atomic mass is 16.3. The number of carbonyl (C=O) groups excluding carboxylic acids is 6. The van der Waals surface area contributed by atoms with Crippen LogP contribution in [0.25, 0.3) is 0 Å². The summed E-state index contributed by atoms with van der Waals surface area (Å²) in [4.78, 5) is 81.0. The number of carbonyl (C=O) groups is 6. The number of phenolic OH excluding ortho intramolecular Hbond substituents is 1. The van der Waals surface area contributed by atoms with Crippen LogP contribution >= 0.6 is 0 Å². The molecule has 0 unspecified atom stereocenters. The van der Waals surface area contributed by atoms with Gasteiger partial charge in [0.05, 0.1) is 12.6 Å². The Morgan fingerprint density at radius 3 is 1.67 bits per heavy atom. The van der Waals surface area contributed by atoms with Crippen molar-refractivity contribution >= 4 is 35.4 Å². The zero-order valence-corrected chi connectivity index (χ0v) is 28.5. The Morgan fingerprint density at radius 1 is 0.612 bits per heavy atom. The molecular formula is C35H48N6O8. The lowest BCUT2D eigenvalue weighted by Gasteiger charge is -2.29. The third kappa shape index (κ3) is 11.9. The number of phenols is 1. The maximum absolute atomic E-state index is 13.9. The van der Waals surface area contributed by atoms with Crippen molar-refractivity contribution in [3.8, 4) is 5.75 Å². The molecule has 0 radical (unpaired) electrons. The van der Waals surface area contributed by atoms with Crippen LogP contribution in [0.15, 0.2) is 54.6 Å². The van der Waals surface area contributed by atoms with Crippen LogP contribution in [0.2, 0.25) is 0 Å². The van der Waals surface area contributed by atoms with Gasteiger partial charge in [-0.3, -0.25) is 28.8 Å². The van der Waals surface area contributed by atoms with E-state index in [0.29, 0.717) is 11.1 Å². The lowest BCUT2D eigenvalue weighted by Crippen LogP contribution is -2.62. The zero-order chi connectivity index (χ0) is 36.2. The van der Waals surface area contributed by atoms with E-state index in [0.717, 1.165) is 0 Å². The largest absolute Gasteiger partial charge is 0.508 e. The molecule has 0 aliphatic carbocycles. The molecule has 49 heavy (non-hydrogen) atoms. The van der Waals surface area contributed by atoms with Gasteiger partial charge in [0, 0.05) is 12.8 Å². The van der Waals surface area contributed by atoms with Crippen LogP contribution in [0.1, 0.15) is 52.2 Å². The molecule has 1 aliphatic rings. The number of amides is 6. The summed E-state index contributed by atoms with van der Waals surface area (Å²) >= 11 is 0. The fourth-order valence-electron chi connectivity index (χ4n) is 5.34. The first kappa shape index (κ1) is 38.5. The molecule has 1 fully saturated rings. The number of aromatic hydroxyl groups is 1. The first-order valence-corrected chi connectivity index (χ1v) is 16.4. The van der Waals surface area contributed by atoms with Gasteiger partial charge in [-0.15, -0.1) is 0 Å². The van der Waals surface area contributed by atoms with Gasteiger partial charge in [-0.2, -0.15) is 0 Å². The number of rotatable bonds is 8. The van der Waals surface area contributed by atoms with E-state index < -0.39 is 84.2 Å². The molecule has 0 aromatic heterocycles. The van der Waals surface area contributed by atoms with E-state index in [1.165, 1.54) is 19.1 Å². The van der Waals surface area contributed by atoms with E-state index in [-0.39, 0.29) is 30.9 Å². The van der Waals surface area contributed by atoms with Crippen molar-refractivity contribution in [2.75, 3.05) is 6.54 Å². The lowest BCUT2D eigenvalue weighted by molar-refractivity contribution is -0.137. The van der Waals surface area contributed by atoms with Crippen LogP contribution in [0.3, 0.4) is 0 Å². The molecule has 6 atom stereocenters. The van der Waals surface area contributed by atoms with Gasteiger partial charge in [-0.25, -0.2) is 0 Å². The quantitative estimate of drug-likeness (QED) is 0.187. The van der Waals surface area contributed by atoms with Gasteiger partial charge in [-0.1, -0.05) is 70.2 Å². The SMILES string of the molecule is CC(C)C[C@@H]1NC(=O)[C@H](Cc2ccccc2)NC(=O)[C@H]([C@H](C)O)NC(=O)CNC(=O)[C@H](C(C)C)NC(=O)[C@H](Cc2ccc(O)cc2)NC1=O. The maximum atomic E-state index is 13.9. The Bertz CT molecular complexity index is 1460. The highest BCUT2D eigenvalue weighted by Crippen LogP contribution is 2.14. The van der Waals surface area contributed by atoms with Crippen LogP contribution in [0.4, 0.5) is 0 Å². The second-order valence-electron chi connectivity index (χ2n) is 13.1. The van der Waals surface area contributed by atoms with Crippen molar-refractivity contribution < 1.29 is 39.0 Å². The monoisotopic (exact) mass is 680 g/mol. The third-order valence-corrected chi connectivity index (χ3v) is 8.02. The minimum Gasteiger partial charge on any atom is -0.508 e. The fourth-order valence-corrected chi connectivity index (χ4v) is 5.34. The van der Waals surface area contributed by atoms with Crippen molar-refractivity contribution in [1.29, 1.82) is 0 Å². The van der Waals surface area contributed by atoms with E-state index in [2.05, 4.69) is 31.9 Å². The fraction of sp³-hybridized carbons (Fsp3) is 0.486. The van der Waals surface area contributed by atoms with Gasteiger partial charge in [0.25, 0.3) is 0 Å². The van der Waals surface area contributed by atoms with Crippen molar-refractivity contribution in [2.24, 2.45) is 11.8 Å². The van der Waals surface area contributed by atoms with Gasteiger partial charge in [0.1, 0.15) is 36.0 Å². The van der Waals surface area contributed by atoms with Crippen LogP contribution in [0.5, 0.6) is 5.75 Å². The van der Waals surface area contributed by atoms with Crippen LogP contribution < -0.4 is 31.9 Å². The molecule has 1 aliphatic heterocycles. The van der Waals surface area contributed by atoms with Gasteiger partial charge < -0.3 is 42.1 Å². The summed E-state index contributed by atoms with van der Waals surface area (Å²) < 4.78 is 0. The predicted molar refractivity (Wildman–Crippen MR) is 181 cm³/mol. The van der Waals surface area contributed by atoms with Crippen LogP contribution in [-0.4, -0.2) is 88.5 Å². The smallest absolute Gasteiger partial charge is 0.245 e. The van der Waals surface area contributed by atoms with E-state index >= 15 is 0 Å². The summed E-state index contributed by atoms with van der Waals surface area (Å²) in [6.45, 7) is 7.82. The molecule has 2 aromatic carbocycles. The highest BCUT2D eigenvalue weighted by molar-refractivity contribution is 5.97. The first-order valence-electron chi connectivity index (χ1n) is 16.4. The van der Waals surface area contributed by atoms with Crippen LogP contribution in [0, 0.1) is 11.8 Å². The molecule has 3 rings (SSSR count). The minimum absolute atomic E-state index is 0.0114. The topological polar surface area (TPSA) is 215 Å². The Balaban J connectivity index is 2.05. The van der Waals surface area contributed by atoms with E-state index in [1.807, 2.05) is 13.8 Å². The van der Waals surface area contributed by atoms with E-state index in [9.17, 15) is 39.0 Å². The number of aliphatic hydroxyl groups excluding tert-OH is 1. The summed E-state index contributed by atoms with van der Waals surface area (Å²) in [6.07, 6.45) is -1.19. The molecular weight excluding hydrogens is 632 g/mol. The van der Waals surface area contributed by atoms with Gasteiger partial charge >= 0.3 is 0 Å². The van der Waals surface area contributed by atoms with Crippen molar-refractivity contribution in [3.63, 3.8) is 0 Å². The maximum Gasteiger partial charge on any atom is 0.245 e. The standard InChI is InChI=1S/C35H48N6O8/c1-19(2)15-25-31(45)38-27(17-23-11-13-24(43)14-12-23)33(47)41-29(20(3)4)34(48)36-18-28(44)40-30(21(5)42)35(49)39-26(32(46)37-25)16-22-9-7-6-8-10-22/h6-14,19-21,25-27,29-30,42-43H,15-18H2,1-5H3,(H,36,48)(H,37,46)(H,38,45)(H,39,49)(H,40,44)(H,41,47)/t21-,25-,26-,27-,29-,30-/m0/s1.